The van der Waals surface area contributed by atoms with Crippen molar-refractivity contribution in [2.45, 2.75) is 26.1 Å². The molecule has 0 aliphatic carbocycles. The number of hydrogen-bond donors (Lipinski definition) is 1. The summed E-state index contributed by atoms with van der Waals surface area (Å²) < 4.78 is 2.22. The Hall–Kier alpha value is -3.79. The van der Waals surface area contributed by atoms with Crippen molar-refractivity contribution in [3.05, 3.63) is 125 Å². The molecule has 0 saturated heterocycles. The van der Waals surface area contributed by atoms with E-state index in [9.17, 15) is 4.79 Å². The van der Waals surface area contributed by atoms with Gasteiger partial charge in [-0.15, -0.1) is 0 Å². The van der Waals surface area contributed by atoms with Gasteiger partial charge in [-0.25, -0.2) is 4.79 Å². The van der Waals surface area contributed by atoms with Crippen LogP contribution in [0.3, 0.4) is 0 Å². The van der Waals surface area contributed by atoms with Gasteiger partial charge in [0.2, 0.25) is 0 Å². The number of aromatic nitrogens is 1. The Labute approximate surface area is 182 Å². The van der Waals surface area contributed by atoms with Crippen LogP contribution >= 0.6 is 0 Å². The molecule has 2 amide bonds. The summed E-state index contributed by atoms with van der Waals surface area (Å²) in [5.74, 6) is 0. The highest BCUT2D eigenvalue weighted by Gasteiger charge is 2.33. The first-order valence-electron chi connectivity index (χ1n) is 10.6. The minimum Gasteiger partial charge on any atom is -0.334 e. The standard InChI is InChI=1S/C27H25N3O/c1-20-10-5-7-14-23(20)26-25-16-9-17-29(25)24-15-8-6-13-22(24)19-30(26)27(31)28-18-21-11-3-2-4-12-21/h2-17,26H,18-19H2,1H3,(H,28,31)/t26-/m0/s1. The molecule has 1 N–H and O–H groups in total. The molecule has 0 saturated carbocycles. The lowest BCUT2D eigenvalue weighted by Gasteiger charge is -2.32. The number of carbonyl (C=O) groups is 1. The quantitative estimate of drug-likeness (QED) is 0.472. The van der Waals surface area contributed by atoms with Crippen LogP contribution in [0.1, 0.15) is 34.0 Å². The number of nitrogens with zero attached hydrogens (tertiary/aromatic N) is 2. The van der Waals surface area contributed by atoms with Crippen LogP contribution in [-0.4, -0.2) is 15.5 Å². The van der Waals surface area contributed by atoms with Crippen molar-refractivity contribution in [3.8, 4) is 5.69 Å². The van der Waals surface area contributed by atoms with Gasteiger partial charge in [0.15, 0.2) is 0 Å². The minimum atomic E-state index is -0.181. The smallest absolute Gasteiger partial charge is 0.318 e. The molecule has 1 aliphatic heterocycles. The highest BCUT2D eigenvalue weighted by atomic mass is 16.2. The second-order valence-electron chi connectivity index (χ2n) is 7.96. The van der Waals surface area contributed by atoms with Gasteiger partial charge in [0.05, 0.1) is 12.2 Å². The summed E-state index contributed by atoms with van der Waals surface area (Å²) in [6.45, 7) is 3.15. The minimum absolute atomic E-state index is 0.0680. The summed E-state index contributed by atoms with van der Waals surface area (Å²) >= 11 is 0. The molecule has 1 atom stereocenters. The van der Waals surface area contributed by atoms with Gasteiger partial charge >= 0.3 is 6.03 Å². The molecule has 0 fully saturated rings. The molecule has 4 aromatic rings. The summed E-state index contributed by atoms with van der Waals surface area (Å²) in [6.07, 6.45) is 2.09. The molecule has 4 heteroatoms. The van der Waals surface area contributed by atoms with E-state index in [1.54, 1.807) is 0 Å². The maximum absolute atomic E-state index is 13.6. The monoisotopic (exact) mass is 407 g/mol. The van der Waals surface area contributed by atoms with Crippen molar-refractivity contribution < 1.29 is 4.79 Å². The van der Waals surface area contributed by atoms with E-state index < -0.39 is 0 Å². The fourth-order valence-corrected chi connectivity index (χ4v) is 4.44. The highest BCUT2D eigenvalue weighted by Crippen LogP contribution is 2.37. The predicted molar refractivity (Wildman–Crippen MR) is 123 cm³/mol. The number of benzene rings is 3. The second-order valence-corrected chi connectivity index (χ2v) is 7.96. The van der Waals surface area contributed by atoms with E-state index in [4.69, 9.17) is 0 Å². The van der Waals surface area contributed by atoms with Gasteiger partial charge in [0.1, 0.15) is 6.04 Å². The first kappa shape index (κ1) is 19.2. The van der Waals surface area contributed by atoms with Gasteiger partial charge in [0, 0.05) is 18.4 Å². The van der Waals surface area contributed by atoms with Crippen LogP contribution in [-0.2, 0) is 13.1 Å². The number of nitrogens with one attached hydrogen (secondary N) is 1. The van der Waals surface area contributed by atoms with Crippen LogP contribution in [0.25, 0.3) is 5.69 Å². The Kier molecular flexibility index (Phi) is 5.04. The molecule has 5 rings (SSSR count). The fourth-order valence-electron chi connectivity index (χ4n) is 4.44. The Bertz CT molecular complexity index is 1210. The molecule has 31 heavy (non-hydrogen) atoms. The van der Waals surface area contributed by atoms with Crippen molar-refractivity contribution in [1.82, 2.24) is 14.8 Å². The normalized spacial score (nSPS) is 15.0. The molecule has 154 valence electrons. The van der Waals surface area contributed by atoms with E-state index >= 15 is 0 Å². The zero-order chi connectivity index (χ0) is 21.2. The number of carbonyl (C=O) groups excluding carboxylic acids is 1. The Morgan fingerprint density at radius 1 is 0.903 bits per heavy atom. The number of rotatable bonds is 3. The number of aryl methyl sites for hydroxylation is 1. The number of urea groups is 1. The summed E-state index contributed by atoms with van der Waals surface area (Å²) in [6, 6.07) is 30.6. The average molecular weight is 408 g/mol. The van der Waals surface area contributed by atoms with Crippen molar-refractivity contribution in [1.29, 1.82) is 0 Å². The van der Waals surface area contributed by atoms with Gasteiger partial charge in [-0.05, 0) is 47.4 Å². The topological polar surface area (TPSA) is 37.3 Å². The van der Waals surface area contributed by atoms with E-state index in [0.717, 1.165) is 28.1 Å². The van der Waals surface area contributed by atoms with Crippen molar-refractivity contribution >= 4 is 6.03 Å². The van der Waals surface area contributed by atoms with Crippen molar-refractivity contribution in [3.63, 3.8) is 0 Å². The van der Waals surface area contributed by atoms with E-state index in [1.165, 1.54) is 5.56 Å². The lowest BCUT2D eigenvalue weighted by atomic mass is 9.97. The molecule has 4 nitrogen and oxygen atoms in total. The molecule has 0 bridgehead atoms. The van der Waals surface area contributed by atoms with Gasteiger partial charge in [-0.1, -0.05) is 72.8 Å². The van der Waals surface area contributed by atoms with E-state index in [1.807, 2.05) is 53.4 Å². The van der Waals surface area contributed by atoms with E-state index in [0.29, 0.717) is 13.1 Å². The van der Waals surface area contributed by atoms with Crippen molar-refractivity contribution in [2.75, 3.05) is 0 Å². The first-order chi connectivity index (χ1) is 15.2. The third kappa shape index (κ3) is 3.61. The largest absolute Gasteiger partial charge is 0.334 e. The van der Waals surface area contributed by atoms with Crippen molar-refractivity contribution in [2.24, 2.45) is 0 Å². The molecule has 0 radical (unpaired) electrons. The molecule has 1 aromatic heterocycles. The fraction of sp³-hybridized carbons (Fsp3) is 0.148. The maximum atomic E-state index is 13.6. The van der Waals surface area contributed by atoms with Crippen LogP contribution in [0, 0.1) is 6.92 Å². The molecule has 2 heterocycles. The average Bonchev–Trinajstić information content (AvgIpc) is 3.23. The molecule has 1 aliphatic rings. The number of amides is 2. The van der Waals surface area contributed by atoms with Gasteiger partial charge < -0.3 is 14.8 Å². The van der Waals surface area contributed by atoms with E-state index in [-0.39, 0.29) is 12.1 Å². The van der Waals surface area contributed by atoms with Gasteiger partial charge in [-0.3, -0.25) is 0 Å². The first-order valence-corrected chi connectivity index (χ1v) is 10.6. The lowest BCUT2D eigenvalue weighted by molar-refractivity contribution is 0.180. The molecule has 0 unspecified atom stereocenters. The summed E-state index contributed by atoms with van der Waals surface area (Å²) in [5, 5.41) is 3.15. The van der Waals surface area contributed by atoms with Crippen LogP contribution in [0.15, 0.2) is 97.2 Å². The van der Waals surface area contributed by atoms with Crippen LogP contribution in [0.2, 0.25) is 0 Å². The zero-order valence-electron chi connectivity index (χ0n) is 17.5. The zero-order valence-corrected chi connectivity index (χ0v) is 17.5. The molecular formula is C27H25N3O. The Morgan fingerprint density at radius 3 is 2.48 bits per heavy atom. The predicted octanol–water partition coefficient (Wildman–Crippen LogP) is 5.60. The van der Waals surface area contributed by atoms with Crippen LogP contribution in [0.4, 0.5) is 4.79 Å². The Balaban J connectivity index is 1.59. The van der Waals surface area contributed by atoms with Crippen LogP contribution in [0.5, 0.6) is 0 Å². The van der Waals surface area contributed by atoms with Crippen LogP contribution < -0.4 is 5.32 Å². The molecule has 0 spiro atoms. The SMILES string of the molecule is Cc1ccccc1[C@H]1c2cccn2-c2ccccc2CN1C(=O)NCc1ccccc1. The summed E-state index contributed by atoms with van der Waals surface area (Å²) in [4.78, 5) is 15.5. The number of para-hydroxylation sites is 1. The third-order valence-corrected chi connectivity index (χ3v) is 5.99. The Morgan fingerprint density at radius 2 is 1.65 bits per heavy atom. The van der Waals surface area contributed by atoms with Gasteiger partial charge in [0.25, 0.3) is 0 Å². The lowest BCUT2D eigenvalue weighted by Crippen LogP contribution is -2.41. The number of fused-ring (bicyclic) bond motifs is 3. The molecular weight excluding hydrogens is 382 g/mol. The molecule has 3 aromatic carbocycles. The summed E-state index contributed by atoms with van der Waals surface area (Å²) in [5.41, 5.74) is 6.75. The summed E-state index contributed by atoms with van der Waals surface area (Å²) in [7, 11) is 0. The van der Waals surface area contributed by atoms with Gasteiger partial charge in [-0.2, -0.15) is 0 Å². The number of hydrogen-bond acceptors (Lipinski definition) is 1. The highest BCUT2D eigenvalue weighted by molar-refractivity contribution is 5.76. The van der Waals surface area contributed by atoms with E-state index in [2.05, 4.69) is 65.5 Å². The second kappa shape index (κ2) is 8.15. The maximum Gasteiger partial charge on any atom is 0.318 e. The third-order valence-electron chi connectivity index (χ3n) is 5.99.